The quantitative estimate of drug-likeness (QED) is 0.564. The molecule has 4 nitrogen and oxygen atoms in total. The number of hydrogen-bond acceptors (Lipinski definition) is 4. The molecule has 4 atom stereocenters. The molecule has 5 heteroatoms. The van der Waals surface area contributed by atoms with E-state index in [1.165, 1.54) is 0 Å². The van der Waals surface area contributed by atoms with Gasteiger partial charge in [0.2, 0.25) is 0 Å². The molecule has 1 aliphatic heterocycles. The van der Waals surface area contributed by atoms with Crippen molar-refractivity contribution < 1.29 is 19.1 Å². The van der Waals surface area contributed by atoms with E-state index < -0.39 is 5.60 Å². The van der Waals surface area contributed by atoms with Crippen LogP contribution in [-0.4, -0.2) is 30.0 Å². The Kier molecular flexibility index (Phi) is 3.72. The molecular weight excluding hydrogens is 239 g/mol. The molecule has 17 heavy (non-hydrogen) atoms. The molecule has 2 bridgehead atoms. The predicted octanol–water partition coefficient (Wildman–Crippen LogP) is 2.70. The van der Waals surface area contributed by atoms with Crippen LogP contribution in [-0.2, 0) is 14.3 Å². The number of ether oxygens (including phenoxy) is 2. The first-order chi connectivity index (χ1) is 8.04. The van der Waals surface area contributed by atoms with Gasteiger partial charge >= 0.3 is 11.7 Å². The molecule has 0 spiro atoms. The maximum absolute atomic E-state index is 11.8. The van der Waals surface area contributed by atoms with Crippen LogP contribution in [0.5, 0.6) is 0 Å². The lowest BCUT2D eigenvalue weighted by Crippen LogP contribution is -2.40. The fourth-order valence-corrected chi connectivity index (χ4v) is 3.27. The summed E-state index contributed by atoms with van der Waals surface area (Å²) in [7, 11) is 0.153. The van der Waals surface area contributed by atoms with Gasteiger partial charge in [-0.3, -0.25) is 4.79 Å². The molecule has 0 aromatic heterocycles. The average Bonchev–Trinajstić information content (AvgIpc) is 2.35. The molecule has 2 fully saturated rings. The Balaban J connectivity index is 2.18. The van der Waals surface area contributed by atoms with E-state index in [4.69, 9.17) is 9.47 Å². The predicted molar refractivity (Wildman–Crippen MR) is 65.6 cm³/mol. The van der Waals surface area contributed by atoms with Crippen LogP contribution in [0, 0.1) is 5.92 Å². The fourth-order valence-electron chi connectivity index (χ4n) is 2.95. The van der Waals surface area contributed by atoms with Gasteiger partial charge in [0.05, 0.1) is 5.92 Å². The van der Waals surface area contributed by atoms with Crippen molar-refractivity contribution in [3.63, 3.8) is 0 Å². The van der Waals surface area contributed by atoms with Gasteiger partial charge in [-0.15, -0.1) is 0 Å². The Hall–Kier alpha value is -0.630. The van der Waals surface area contributed by atoms with Gasteiger partial charge in [0.1, 0.15) is 11.7 Å². The molecule has 1 aliphatic carbocycles. The Morgan fingerprint density at radius 2 is 2.29 bits per heavy atom. The zero-order chi connectivity index (χ0) is 12.5. The van der Waals surface area contributed by atoms with Gasteiger partial charge in [-0.2, -0.15) is 0 Å². The first-order valence-electron chi connectivity index (χ1n) is 6.16. The summed E-state index contributed by atoms with van der Waals surface area (Å²) >= 11 is 0. The topological polar surface area (TPSA) is 52.6 Å². The molecule has 96 valence electrons. The van der Waals surface area contributed by atoms with Gasteiger partial charge in [0.25, 0.3) is 0 Å². The molecule has 1 heterocycles. The summed E-state index contributed by atoms with van der Waals surface area (Å²) in [5.74, 6) is -0.198. The molecule has 1 saturated heterocycles. The average molecular weight is 258 g/mol. The van der Waals surface area contributed by atoms with Crippen molar-refractivity contribution >= 4 is 20.3 Å². The van der Waals surface area contributed by atoms with Crippen molar-refractivity contribution in [2.24, 2.45) is 5.92 Å². The van der Waals surface area contributed by atoms with Crippen LogP contribution >= 0.6 is 8.58 Å². The number of esters is 1. The SMILES string of the molecule is CPC(=O)OC12CCCC(C1)C(=O)OC(C)C2. The third kappa shape index (κ3) is 2.79. The number of cyclic esters (lactones) is 1. The van der Waals surface area contributed by atoms with Crippen molar-refractivity contribution in [1.29, 1.82) is 0 Å². The van der Waals surface area contributed by atoms with E-state index in [9.17, 15) is 9.59 Å². The van der Waals surface area contributed by atoms with Gasteiger partial charge in [-0.05, 0) is 41.4 Å². The van der Waals surface area contributed by atoms with Crippen LogP contribution in [0.3, 0.4) is 0 Å². The lowest BCUT2D eigenvalue weighted by Gasteiger charge is -2.37. The molecule has 0 N–H and O–H groups in total. The number of fused-ring (bicyclic) bond motifs is 2. The zero-order valence-electron chi connectivity index (χ0n) is 10.3. The molecule has 2 rings (SSSR count). The van der Waals surface area contributed by atoms with Gasteiger partial charge in [0.15, 0.2) is 0 Å². The highest BCUT2D eigenvalue weighted by molar-refractivity contribution is 7.56. The van der Waals surface area contributed by atoms with Crippen LogP contribution in [0.15, 0.2) is 0 Å². The highest BCUT2D eigenvalue weighted by atomic mass is 31.1. The van der Waals surface area contributed by atoms with E-state index >= 15 is 0 Å². The summed E-state index contributed by atoms with van der Waals surface area (Å²) < 4.78 is 11.0. The molecule has 4 unspecified atom stereocenters. The van der Waals surface area contributed by atoms with Crippen molar-refractivity contribution in [1.82, 2.24) is 0 Å². The lowest BCUT2D eigenvalue weighted by molar-refractivity contribution is -0.152. The smallest absolute Gasteiger partial charge is 0.323 e. The van der Waals surface area contributed by atoms with Gasteiger partial charge in [-0.1, -0.05) is 0 Å². The van der Waals surface area contributed by atoms with Gasteiger partial charge < -0.3 is 9.47 Å². The number of carbonyl (C=O) groups excluding carboxylic acids is 2. The minimum Gasteiger partial charge on any atom is -0.462 e. The molecule has 1 saturated carbocycles. The zero-order valence-corrected chi connectivity index (χ0v) is 11.3. The highest BCUT2D eigenvalue weighted by Crippen LogP contribution is 2.43. The Labute approximate surface area is 103 Å². The summed E-state index contributed by atoms with van der Waals surface area (Å²) in [6, 6.07) is 0. The summed E-state index contributed by atoms with van der Waals surface area (Å²) in [5, 5.41) is 0. The van der Waals surface area contributed by atoms with Gasteiger partial charge in [-0.25, -0.2) is 4.79 Å². The third-order valence-electron chi connectivity index (χ3n) is 3.63. The summed E-state index contributed by atoms with van der Waals surface area (Å²) in [6.07, 6.45) is 3.79. The fraction of sp³-hybridized carbons (Fsp3) is 0.833. The number of carbonyl (C=O) groups is 2. The second kappa shape index (κ2) is 4.93. The van der Waals surface area contributed by atoms with Crippen LogP contribution in [0.4, 0.5) is 4.79 Å². The molecule has 0 aromatic carbocycles. The Morgan fingerprint density at radius 3 is 3.00 bits per heavy atom. The lowest BCUT2D eigenvalue weighted by atomic mass is 9.76. The number of rotatable bonds is 2. The van der Waals surface area contributed by atoms with Crippen molar-refractivity contribution in [3.05, 3.63) is 0 Å². The van der Waals surface area contributed by atoms with E-state index in [2.05, 4.69) is 0 Å². The second-order valence-electron chi connectivity index (χ2n) is 5.07. The molecule has 0 radical (unpaired) electrons. The monoisotopic (exact) mass is 258 g/mol. The number of hydrogen-bond donors (Lipinski definition) is 0. The minimum absolute atomic E-state index is 0.0818. The van der Waals surface area contributed by atoms with Crippen LogP contribution in [0.25, 0.3) is 0 Å². The largest absolute Gasteiger partial charge is 0.462 e. The second-order valence-corrected chi connectivity index (χ2v) is 5.98. The van der Waals surface area contributed by atoms with E-state index in [1.54, 1.807) is 0 Å². The van der Waals surface area contributed by atoms with Gasteiger partial charge in [0, 0.05) is 12.8 Å². The minimum atomic E-state index is -0.450. The highest BCUT2D eigenvalue weighted by Gasteiger charge is 2.46. The van der Waals surface area contributed by atoms with E-state index in [0.29, 0.717) is 12.8 Å². The van der Waals surface area contributed by atoms with Crippen molar-refractivity contribution in [2.45, 2.75) is 50.7 Å². The normalized spacial score (nSPS) is 37.6. The Morgan fingerprint density at radius 1 is 1.53 bits per heavy atom. The maximum atomic E-state index is 11.8. The summed E-state index contributed by atoms with van der Waals surface area (Å²) in [6.45, 7) is 3.70. The van der Waals surface area contributed by atoms with Crippen molar-refractivity contribution in [2.75, 3.05) is 6.66 Å². The molecular formula is C12H19O4P. The van der Waals surface area contributed by atoms with E-state index in [-0.39, 0.29) is 32.3 Å². The molecule has 0 amide bonds. The summed E-state index contributed by atoms with van der Waals surface area (Å²) in [4.78, 5) is 23.3. The maximum Gasteiger partial charge on any atom is 0.323 e. The van der Waals surface area contributed by atoms with Crippen LogP contribution < -0.4 is 0 Å². The van der Waals surface area contributed by atoms with Crippen molar-refractivity contribution in [3.8, 4) is 0 Å². The molecule has 2 aliphatic rings. The molecule has 0 aromatic rings. The van der Waals surface area contributed by atoms with Crippen LogP contribution in [0.2, 0.25) is 0 Å². The standard InChI is InChI=1S/C12H19O4P/c1-8-6-12(16-11(14)17-2)5-3-4-9(7-12)10(13)15-8/h8-9,17H,3-7H2,1-2H3. The van der Waals surface area contributed by atoms with E-state index in [0.717, 1.165) is 19.3 Å². The van der Waals surface area contributed by atoms with E-state index in [1.807, 2.05) is 13.6 Å². The third-order valence-corrected chi connectivity index (χ3v) is 4.14. The first-order valence-corrected chi connectivity index (χ1v) is 7.66. The first kappa shape index (κ1) is 12.8. The Bertz CT molecular complexity index is 330. The summed E-state index contributed by atoms with van der Waals surface area (Å²) in [5.41, 5.74) is -0.596. The van der Waals surface area contributed by atoms with Crippen LogP contribution in [0.1, 0.15) is 39.0 Å².